The third-order valence-electron chi connectivity index (χ3n) is 5.34. The summed E-state index contributed by atoms with van der Waals surface area (Å²) in [6.45, 7) is 8.00. The first kappa shape index (κ1) is 24.3. The Bertz CT molecular complexity index is 851. The predicted octanol–water partition coefficient (Wildman–Crippen LogP) is 4.10. The molecule has 0 aliphatic heterocycles. The number of para-hydroxylation sites is 1. The van der Waals surface area contributed by atoms with Gasteiger partial charge in [0.15, 0.2) is 6.61 Å². The van der Waals surface area contributed by atoms with E-state index in [0.29, 0.717) is 18.7 Å². The van der Waals surface area contributed by atoms with Crippen LogP contribution in [0.15, 0.2) is 48.5 Å². The van der Waals surface area contributed by atoms with E-state index in [9.17, 15) is 9.59 Å². The molecular formula is C25H34N2O4. The summed E-state index contributed by atoms with van der Waals surface area (Å²) >= 11 is 0. The van der Waals surface area contributed by atoms with Crippen molar-refractivity contribution in [2.75, 3.05) is 13.7 Å². The second kappa shape index (κ2) is 12.0. The van der Waals surface area contributed by atoms with Crippen molar-refractivity contribution < 1.29 is 19.1 Å². The highest BCUT2D eigenvalue weighted by atomic mass is 16.5. The van der Waals surface area contributed by atoms with Gasteiger partial charge in [0.25, 0.3) is 5.91 Å². The number of methoxy groups -OCH3 is 1. The monoisotopic (exact) mass is 426 g/mol. The maximum absolute atomic E-state index is 13.2. The molecule has 0 saturated carbocycles. The normalized spacial score (nSPS) is 12.5. The van der Waals surface area contributed by atoms with Gasteiger partial charge in [-0.1, -0.05) is 44.2 Å². The highest BCUT2D eigenvalue weighted by molar-refractivity contribution is 5.88. The number of carbonyl (C=O) groups is 2. The highest BCUT2D eigenvalue weighted by Gasteiger charge is 2.29. The molecule has 0 fully saturated rings. The van der Waals surface area contributed by atoms with E-state index in [1.165, 1.54) is 0 Å². The summed E-state index contributed by atoms with van der Waals surface area (Å²) in [5.41, 5.74) is 1.87. The number of amides is 2. The standard InChI is InChI=1S/C25H34N2O4/c1-6-19(4)26-25(29)22(7-2)27(16-20-12-14-21(30-5)15-13-20)24(28)17-31-23-11-9-8-10-18(23)3/h8-15,19,22H,6-7,16-17H2,1-5H3,(H,26,29)/t19-,22+/m1/s1. The quantitative estimate of drug-likeness (QED) is 0.587. The molecule has 0 spiro atoms. The minimum absolute atomic E-state index is 0.0442. The Morgan fingerprint density at radius 1 is 1.03 bits per heavy atom. The molecule has 0 saturated heterocycles. The van der Waals surface area contributed by atoms with Crippen LogP contribution in [0.4, 0.5) is 0 Å². The summed E-state index contributed by atoms with van der Waals surface area (Å²) in [5, 5.41) is 3.01. The summed E-state index contributed by atoms with van der Waals surface area (Å²) in [7, 11) is 1.61. The number of ether oxygens (including phenoxy) is 2. The fourth-order valence-corrected chi connectivity index (χ4v) is 3.23. The fraction of sp³-hybridized carbons (Fsp3) is 0.440. The molecule has 0 radical (unpaired) electrons. The zero-order chi connectivity index (χ0) is 22.8. The van der Waals surface area contributed by atoms with E-state index in [4.69, 9.17) is 9.47 Å². The number of benzene rings is 2. The maximum atomic E-state index is 13.2. The van der Waals surface area contributed by atoms with Crippen LogP contribution >= 0.6 is 0 Å². The number of nitrogens with zero attached hydrogens (tertiary/aromatic N) is 1. The van der Waals surface area contributed by atoms with Crippen molar-refractivity contribution in [1.29, 1.82) is 0 Å². The fourth-order valence-electron chi connectivity index (χ4n) is 3.23. The second-order valence-electron chi connectivity index (χ2n) is 7.67. The van der Waals surface area contributed by atoms with Gasteiger partial charge in [0, 0.05) is 12.6 Å². The molecule has 2 rings (SSSR count). The van der Waals surface area contributed by atoms with Crippen molar-refractivity contribution in [3.05, 3.63) is 59.7 Å². The van der Waals surface area contributed by atoms with Gasteiger partial charge in [-0.05, 0) is 56.0 Å². The Morgan fingerprint density at radius 3 is 2.29 bits per heavy atom. The SMILES string of the molecule is CC[C@@H](C)NC(=O)[C@H](CC)N(Cc1ccc(OC)cc1)C(=O)COc1ccccc1C. The Morgan fingerprint density at radius 2 is 1.71 bits per heavy atom. The Balaban J connectivity index is 2.22. The molecule has 1 N–H and O–H groups in total. The van der Waals surface area contributed by atoms with Gasteiger partial charge in [0.1, 0.15) is 17.5 Å². The Hall–Kier alpha value is -3.02. The van der Waals surface area contributed by atoms with E-state index in [-0.39, 0.29) is 24.5 Å². The van der Waals surface area contributed by atoms with Gasteiger partial charge in [0.05, 0.1) is 7.11 Å². The van der Waals surface area contributed by atoms with Gasteiger partial charge in [-0.2, -0.15) is 0 Å². The third kappa shape index (κ3) is 7.02. The van der Waals surface area contributed by atoms with Crippen molar-refractivity contribution in [3.8, 4) is 11.5 Å². The zero-order valence-electron chi connectivity index (χ0n) is 19.2. The number of hydrogen-bond acceptors (Lipinski definition) is 4. The molecule has 0 unspecified atom stereocenters. The molecule has 0 heterocycles. The summed E-state index contributed by atoms with van der Waals surface area (Å²) in [6.07, 6.45) is 1.33. The predicted molar refractivity (Wildman–Crippen MR) is 122 cm³/mol. The lowest BCUT2D eigenvalue weighted by Crippen LogP contribution is -2.51. The van der Waals surface area contributed by atoms with Gasteiger partial charge in [-0.3, -0.25) is 9.59 Å². The van der Waals surface area contributed by atoms with Gasteiger partial charge in [-0.15, -0.1) is 0 Å². The van der Waals surface area contributed by atoms with Crippen LogP contribution in [-0.2, 0) is 16.1 Å². The van der Waals surface area contributed by atoms with Crippen LogP contribution in [0.1, 0.15) is 44.7 Å². The number of aryl methyl sites for hydroxylation is 1. The van der Waals surface area contributed by atoms with Crippen molar-refractivity contribution in [2.45, 2.75) is 59.2 Å². The average Bonchev–Trinajstić information content (AvgIpc) is 2.78. The van der Waals surface area contributed by atoms with Gasteiger partial charge < -0.3 is 19.7 Å². The average molecular weight is 427 g/mol. The molecule has 0 aliphatic carbocycles. The summed E-state index contributed by atoms with van der Waals surface area (Å²) < 4.78 is 11.0. The molecule has 2 atom stereocenters. The molecule has 0 bridgehead atoms. The van der Waals surface area contributed by atoms with E-state index in [1.807, 2.05) is 76.2 Å². The van der Waals surface area contributed by atoms with Gasteiger partial charge in [0.2, 0.25) is 5.91 Å². The van der Waals surface area contributed by atoms with Gasteiger partial charge in [-0.25, -0.2) is 0 Å². The molecule has 2 aromatic rings. The van der Waals surface area contributed by atoms with E-state index < -0.39 is 6.04 Å². The van der Waals surface area contributed by atoms with E-state index in [1.54, 1.807) is 12.0 Å². The molecule has 2 amide bonds. The first-order valence-corrected chi connectivity index (χ1v) is 10.8. The molecule has 6 nitrogen and oxygen atoms in total. The smallest absolute Gasteiger partial charge is 0.261 e. The van der Waals surface area contributed by atoms with Crippen molar-refractivity contribution in [2.24, 2.45) is 0 Å². The largest absolute Gasteiger partial charge is 0.497 e. The molecule has 0 aliphatic rings. The van der Waals surface area contributed by atoms with Gasteiger partial charge >= 0.3 is 0 Å². The lowest BCUT2D eigenvalue weighted by atomic mass is 10.1. The topological polar surface area (TPSA) is 67.9 Å². The Kier molecular flexibility index (Phi) is 9.38. The minimum atomic E-state index is -0.580. The van der Waals surface area contributed by atoms with Crippen molar-refractivity contribution in [3.63, 3.8) is 0 Å². The van der Waals surface area contributed by atoms with Crippen molar-refractivity contribution >= 4 is 11.8 Å². The van der Waals surface area contributed by atoms with E-state index >= 15 is 0 Å². The van der Waals surface area contributed by atoms with Crippen LogP contribution in [0, 0.1) is 6.92 Å². The molecule has 168 valence electrons. The molecule has 2 aromatic carbocycles. The summed E-state index contributed by atoms with van der Waals surface area (Å²) in [4.78, 5) is 27.8. The van der Waals surface area contributed by atoms with Crippen LogP contribution < -0.4 is 14.8 Å². The first-order chi connectivity index (χ1) is 14.9. The first-order valence-electron chi connectivity index (χ1n) is 10.8. The Labute approximate surface area is 185 Å². The maximum Gasteiger partial charge on any atom is 0.261 e. The number of carbonyl (C=O) groups excluding carboxylic acids is 2. The van der Waals surface area contributed by atoms with Crippen LogP contribution in [-0.4, -0.2) is 42.5 Å². The van der Waals surface area contributed by atoms with Crippen LogP contribution in [0.2, 0.25) is 0 Å². The summed E-state index contributed by atoms with van der Waals surface area (Å²) in [6, 6.07) is 14.5. The van der Waals surface area contributed by atoms with Crippen molar-refractivity contribution in [1.82, 2.24) is 10.2 Å². The molecular weight excluding hydrogens is 392 g/mol. The summed E-state index contributed by atoms with van der Waals surface area (Å²) in [5.74, 6) is 1.03. The third-order valence-corrected chi connectivity index (χ3v) is 5.34. The molecule has 6 heteroatoms. The van der Waals surface area contributed by atoms with Crippen LogP contribution in [0.5, 0.6) is 11.5 Å². The van der Waals surface area contributed by atoms with Crippen LogP contribution in [0.3, 0.4) is 0 Å². The molecule has 0 aromatic heterocycles. The van der Waals surface area contributed by atoms with E-state index in [2.05, 4.69) is 5.32 Å². The number of nitrogens with one attached hydrogen (secondary N) is 1. The number of hydrogen-bond donors (Lipinski definition) is 1. The van der Waals surface area contributed by atoms with Crippen LogP contribution in [0.25, 0.3) is 0 Å². The minimum Gasteiger partial charge on any atom is -0.497 e. The lowest BCUT2D eigenvalue weighted by molar-refractivity contribution is -0.143. The second-order valence-corrected chi connectivity index (χ2v) is 7.67. The molecule has 31 heavy (non-hydrogen) atoms. The highest BCUT2D eigenvalue weighted by Crippen LogP contribution is 2.19. The zero-order valence-corrected chi connectivity index (χ0v) is 19.2. The number of rotatable bonds is 11. The lowest BCUT2D eigenvalue weighted by Gasteiger charge is -2.31. The van der Waals surface area contributed by atoms with E-state index in [0.717, 1.165) is 23.3 Å².